The van der Waals surface area contributed by atoms with Crippen LogP contribution in [-0.4, -0.2) is 25.9 Å². The summed E-state index contributed by atoms with van der Waals surface area (Å²) in [4.78, 5) is -1.04. The molecule has 0 aliphatic rings. The van der Waals surface area contributed by atoms with Gasteiger partial charge in [0.15, 0.2) is 0 Å². The Morgan fingerprint density at radius 2 is 1.43 bits per heavy atom. The third kappa shape index (κ3) is 4.09. The molecule has 0 radical (unpaired) electrons. The van der Waals surface area contributed by atoms with Gasteiger partial charge in [-0.3, -0.25) is 9.11 Å². The van der Waals surface area contributed by atoms with Gasteiger partial charge in [0.1, 0.15) is 9.79 Å². The molecule has 0 heterocycles. The lowest BCUT2D eigenvalue weighted by atomic mass is 10.1. The fraction of sp³-hybridized carbons (Fsp3) is 0.111. The molecule has 3 rings (SSSR count). The predicted octanol–water partition coefficient (Wildman–Crippen LogP) is 4.37. The van der Waals surface area contributed by atoms with Crippen molar-refractivity contribution in [2.45, 2.75) is 23.6 Å². The van der Waals surface area contributed by atoms with Gasteiger partial charge in [0.25, 0.3) is 20.2 Å². The van der Waals surface area contributed by atoms with Gasteiger partial charge in [0.2, 0.25) is 0 Å². The highest BCUT2D eigenvalue weighted by molar-refractivity contribution is 7.86. The Hall–Kier alpha value is -2.66. The Morgan fingerprint density at radius 1 is 0.750 bits per heavy atom. The van der Waals surface area contributed by atoms with E-state index >= 15 is 0 Å². The van der Waals surface area contributed by atoms with Gasteiger partial charge >= 0.3 is 0 Å². The molecule has 8 nitrogen and oxygen atoms in total. The van der Waals surface area contributed by atoms with E-state index in [1.165, 1.54) is 18.2 Å². The summed E-state index contributed by atoms with van der Waals surface area (Å²) in [5.41, 5.74) is 2.42. The first kappa shape index (κ1) is 20.1. The molecule has 3 aromatic carbocycles. The van der Waals surface area contributed by atoms with E-state index in [1.807, 2.05) is 26.0 Å². The summed E-state index contributed by atoms with van der Waals surface area (Å²) in [6, 6.07) is 11.5. The molecule has 10 heteroatoms. The Kier molecular flexibility index (Phi) is 5.06. The maximum absolute atomic E-state index is 11.8. The average molecular weight is 420 g/mol. The summed E-state index contributed by atoms with van der Waals surface area (Å²) < 4.78 is 65.9. The number of aryl methyl sites for hydroxylation is 2. The van der Waals surface area contributed by atoms with Crippen LogP contribution in [0, 0.1) is 13.8 Å². The van der Waals surface area contributed by atoms with Gasteiger partial charge in [0.05, 0.1) is 11.4 Å². The summed E-state index contributed by atoms with van der Waals surface area (Å²) in [5.74, 6) is 0. The van der Waals surface area contributed by atoms with E-state index < -0.39 is 30.0 Å². The van der Waals surface area contributed by atoms with E-state index in [9.17, 15) is 25.9 Å². The van der Waals surface area contributed by atoms with Crippen molar-refractivity contribution in [1.29, 1.82) is 0 Å². The van der Waals surface area contributed by atoms with Crippen molar-refractivity contribution in [2.75, 3.05) is 0 Å². The van der Waals surface area contributed by atoms with Crippen LogP contribution in [0.2, 0.25) is 0 Å². The molecule has 146 valence electrons. The second kappa shape index (κ2) is 7.06. The molecule has 0 aliphatic carbocycles. The Labute approximate surface area is 162 Å². The fourth-order valence-electron chi connectivity index (χ4n) is 2.83. The molecule has 0 amide bonds. The number of hydrogen-bond donors (Lipinski definition) is 2. The van der Waals surface area contributed by atoms with Gasteiger partial charge in [-0.15, -0.1) is 0 Å². The quantitative estimate of drug-likeness (QED) is 0.476. The normalized spacial score (nSPS) is 12.7. The second-order valence-electron chi connectivity index (χ2n) is 6.24. The summed E-state index contributed by atoms with van der Waals surface area (Å²) in [7, 11) is -9.32. The maximum atomic E-state index is 11.8. The third-order valence-electron chi connectivity index (χ3n) is 4.08. The largest absolute Gasteiger partial charge is 0.295 e. The van der Waals surface area contributed by atoms with Crippen molar-refractivity contribution in [1.82, 2.24) is 0 Å². The van der Waals surface area contributed by atoms with E-state index in [1.54, 1.807) is 6.07 Å². The molecule has 0 saturated heterocycles. The standard InChI is InChI=1S/C18H16N2O6S2/c1-11-6-7-16(12(2)8-11)20-19-13-9-15-14(18(10-13)28(24,25)26)4-3-5-17(15)27(21,22)23/h3-10H,1-2H3,(H,21,22,23)(H,24,25,26). The van der Waals surface area contributed by atoms with Crippen molar-refractivity contribution in [3.05, 3.63) is 59.7 Å². The van der Waals surface area contributed by atoms with Gasteiger partial charge in [-0.05, 0) is 43.7 Å². The van der Waals surface area contributed by atoms with Crippen LogP contribution in [0.25, 0.3) is 10.8 Å². The molecular formula is C18H16N2O6S2. The van der Waals surface area contributed by atoms with Crippen molar-refractivity contribution in [3.63, 3.8) is 0 Å². The summed E-state index contributed by atoms with van der Waals surface area (Å²) in [6.07, 6.45) is 0. The van der Waals surface area contributed by atoms with Gasteiger partial charge in [-0.1, -0.05) is 29.8 Å². The summed E-state index contributed by atoms with van der Waals surface area (Å²) in [6.45, 7) is 3.76. The lowest BCUT2D eigenvalue weighted by Crippen LogP contribution is -2.03. The number of fused-ring (bicyclic) bond motifs is 1. The van der Waals surface area contributed by atoms with Crippen LogP contribution in [0.1, 0.15) is 11.1 Å². The molecule has 0 saturated carbocycles. The van der Waals surface area contributed by atoms with Crippen molar-refractivity contribution in [3.8, 4) is 0 Å². The highest BCUT2D eigenvalue weighted by atomic mass is 32.2. The third-order valence-corrected chi connectivity index (χ3v) is 5.89. The Bertz CT molecular complexity index is 1330. The lowest BCUT2D eigenvalue weighted by Gasteiger charge is -2.09. The topological polar surface area (TPSA) is 133 Å². The van der Waals surface area contributed by atoms with Crippen LogP contribution in [0.5, 0.6) is 0 Å². The summed E-state index contributed by atoms with van der Waals surface area (Å²) >= 11 is 0. The van der Waals surface area contributed by atoms with E-state index in [2.05, 4.69) is 10.2 Å². The van der Waals surface area contributed by atoms with Crippen molar-refractivity contribution < 1.29 is 25.9 Å². The molecular weight excluding hydrogens is 404 g/mol. The van der Waals surface area contributed by atoms with E-state index in [0.29, 0.717) is 5.69 Å². The zero-order valence-corrected chi connectivity index (χ0v) is 16.5. The van der Waals surface area contributed by atoms with E-state index in [-0.39, 0.29) is 16.5 Å². The van der Waals surface area contributed by atoms with Crippen LogP contribution < -0.4 is 0 Å². The highest BCUT2D eigenvalue weighted by Gasteiger charge is 2.21. The molecule has 0 aromatic heterocycles. The van der Waals surface area contributed by atoms with Crippen molar-refractivity contribution in [2.24, 2.45) is 10.2 Å². The van der Waals surface area contributed by atoms with E-state index in [0.717, 1.165) is 23.3 Å². The van der Waals surface area contributed by atoms with Gasteiger partial charge in [-0.2, -0.15) is 27.1 Å². The number of benzene rings is 3. The molecule has 28 heavy (non-hydrogen) atoms. The zero-order chi connectivity index (χ0) is 20.7. The van der Waals surface area contributed by atoms with Gasteiger partial charge in [0, 0.05) is 10.8 Å². The first-order valence-corrected chi connectivity index (χ1v) is 10.9. The zero-order valence-electron chi connectivity index (χ0n) is 14.9. The SMILES string of the molecule is Cc1ccc(N=Nc2cc(S(=O)(=O)O)c3cccc(S(=O)(=O)O)c3c2)c(C)c1. The fourth-order valence-corrected chi connectivity index (χ4v) is 4.26. The lowest BCUT2D eigenvalue weighted by molar-refractivity contribution is 0.481. The van der Waals surface area contributed by atoms with Crippen LogP contribution in [0.4, 0.5) is 11.4 Å². The minimum absolute atomic E-state index is 0.00352. The maximum Gasteiger partial charge on any atom is 0.295 e. The van der Waals surface area contributed by atoms with Crippen LogP contribution in [-0.2, 0) is 20.2 Å². The summed E-state index contributed by atoms with van der Waals surface area (Å²) in [5, 5.41) is 7.89. The molecule has 0 spiro atoms. The first-order valence-electron chi connectivity index (χ1n) is 7.97. The van der Waals surface area contributed by atoms with Gasteiger partial charge in [-0.25, -0.2) is 0 Å². The number of rotatable bonds is 4. The molecule has 0 unspecified atom stereocenters. The van der Waals surface area contributed by atoms with Crippen molar-refractivity contribution >= 4 is 42.4 Å². The second-order valence-corrected chi connectivity index (χ2v) is 9.02. The predicted molar refractivity (Wildman–Crippen MR) is 104 cm³/mol. The van der Waals surface area contributed by atoms with Crippen LogP contribution in [0.15, 0.2) is 68.6 Å². The molecule has 0 fully saturated rings. The van der Waals surface area contributed by atoms with Crippen LogP contribution >= 0.6 is 0 Å². The molecule has 2 N–H and O–H groups in total. The van der Waals surface area contributed by atoms with Gasteiger partial charge < -0.3 is 0 Å². The molecule has 0 aliphatic heterocycles. The Balaban J connectivity index is 2.28. The molecule has 3 aromatic rings. The molecule has 0 atom stereocenters. The number of nitrogens with zero attached hydrogens (tertiary/aromatic N) is 2. The monoisotopic (exact) mass is 420 g/mol. The number of azo groups is 1. The average Bonchev–Trinajstić information content (AvgIpc) is 2.58. The molecule has 0 bridgehead atoms. The van der Waals surface area contributed by atoms with Crippen LogP contribution in [0.3, 0.4) is 0 Å². The first-order chi connectivity index (χ1) is 13.0. The minimum Gasteiger partial charge on any atom is -0.282 e. The van der Waals surface area contributed by atoms with E-state index in [4.69, 9.17) is 0 Å². The smallest absolute Gasteiger partial charge is 0.282 e. The highest BCUT2D eigenvalue weighted by Crippen LogP contribution is 2.34. The minimum atomic E-state index is -4.69. The number of hydrogen-bond acceptors (Lipinski definition) is 6. The Morgan fingerprint density at radius 3 is 2.04 bits per heavy atom.